The van der Waals surface area contributed by atoms with E-state index < -0.39 is 0 Å². The molecule has 2 atom stereocenters. The molecule has 2 aromatic rings. The number of amides is 1. The second-order valence-electron chi connectivity index (χ2n) is 8.40. The Labute approximate surface area is 163 Å². The molecule has 0 unspecified atom stereocenters. The molecule has 0 saturated heterocycles. The van der Waals surface area contributed by atoms with Crippen molar-refractivity contribution in [1.82, 2.24) is 5.32 Å². The van der Waals surface area contributed by atoms with E-state index >= 15 is 0 Å². The molecule has 1 amide bonds. The number of rotatable bonds is 5. The molecule has 2 heteroatoms. The number of carbonyl (C=O) groups is 1. The predicted molar refractivity (Wildman–Crippen MR) is 111 cm³/mol. The van der Waals surface area contributed by atoms with Crippen molar-refractivity contribution in [1.29, 1.82) is 0 Å². The summed E-state index contributed by atoms with van der Waals surface area (Å²) in [4.78, 5) is 13.3. The minimum Gasteiger partial charge on any atom is -0.349 e. The van der Waals surface area contributed by atoms with Gasteiger partial charge in [0.1, 0.15) is 0 Å². The van der Waals surface area contributed by atoms with Gasteiger partial charge in [-0.25, -0.2) is 0 Å². The Balaban J connectivity index is 1.52. The van der Waals surface area contributed by atoms with Crippen LogP contribution in [0.4, 0.5) is 0 Å². The van der Waals surface area contributed by atoms with E-state index in [4.69, 9.17) is 0 Å². The Morgan fingerprint density at radius 2 is 1.59 bits per heavy atom. The summed E-state index contributed by atoms with van der Waals surface area (Å²) in [5.41, 5.74) is 5.38. The van der Waals surface area contributed by atoms with Crippen LogP contribution in [-0.2, 0) is 17.6 Å². The standard InChI is InChI=1S/C25H31NO/c1-18(22-16-15-19-9-5-8-14-23(19)17-22)26-25(27)24(21-12-6-7-13-21)20-10-3-2-4-11-20/h2-4,10-11,15-18,21,24H,5-9,12-14H2,1H3,(H,26,27)/t18-,24+/m0/s1. The predicted octanol–water partition coefficient (Wildman–Crippen LogP) is 5.72. The molecule has 2 nitrogen and oxygen atoms in total. The Bertz CT molecular complexity index is 776. The topological polar surface area (TPSA) is 29.1 Å². The minimum atomic E-state index is -0.0197. The van der Waals surface area contributed by atoms with Crippen LogP contribution in [0.2, 0.25) is 0 Å². The summed E-state index contributed by atoms with van der Waals surface area (Å²) >= 11 is 0. The Hall–Kier alpha value is -2.09. The zero-order chi connectivity index (χ0) is 18.6. The maximum absolute atomic E-state index is 13.3. The molecule has 0 radical (unpaired) electrons. The number of fused-ring (bicyclic) bond motifs is 1. The van der Waals surface area contributed by atoms with Gasteiger partial charge in [0.2, 0.25) is 5.91 Å². The first kappa shape index (κ1) is 18.3. The summed E-state index contributed by atoms with van der Waals surface area (Å²) in [5.74, 6) is 0.648. The van der Waals surface area contributed by atoms with E-state index in [1.807, 2.05) is 6.07 Å². The van der Waals surface area contributed by atoms with Crippen molar-refractivity contribution in [3.63, 3.8) is 0 Å². The number of benzene rings is 2. The molecule has 1 saturated carbocycles. The highest BCUT2D eigenvalue weighted by atomic mass is 16.2. The number of hydrogen-bond acceptors (Lipinski definition) is 1. The van der Waals surface area contributed by atoms with Gasteiger partial charge in [0.05, 0.1) is 12.0 Å². The third-order valence-electron chi connectivity index (χ3n) is 6.54. The number of nitrogens with one attached hydrogen (secondary N) is 1. The van der Waals surface area contributed by atoms with Crippen LogP contribution in [-0.4, -0.2) is 5.91 Å². The molecule has 142 valence electrons. The first-order chi connectivity index (χ1) is 13.2. The maximum Gasteiger partial charge on any atom is 0.228 e. The van der Waals surface area contributed by atoms with Crippen molar-refractivity contribution in [3.05, 3.63) is 70.8 Å². The lowest BCUT2D eigenvalue weighted by Gasteiger charge is -2.26. The first-order valence-electron chi connectivity index (χ1n) is 10.7. The molecule has 0 bridgehead atoms. The van der Waals surface area contributed by atoms with Gasteiger partial charge in [0, 0.05) is 0 Å². The lowest BCUT2D eigenvalue weighted by Crippen LogP contribution is -2.34. The number of aryl methyl sites for hydroxylation is 2. The van der Waals surface area contributed by atoms with Gasteiger partial charge in [-0.3, -0.25) is 4.79 Å². The zero-order valence-corrected chi connectivity index (χ0v) is 16.4. The lowest BCUT2D eigenvalue weighted by atomic mass is 9.83. The van der Waals surface area contributed by atoms with Gasteiger partial charge in [-0.15, -0.1) is 0 Å². The van der Waals surface area contributed by atoms with Crippen molar-refractivity contribution < 1.29 is 4.79 Å². The first-order valence-corrected chi connectivity index (χ1v) is 10.7. The van der Waals surface area contributed by atoms with Crippen molar-refractivity contribution >= 4 is 5.91 Å². The maximum atomic E-state index is 13.3. The van der Waals surface area contributed by atoms with Gasteiger partial charge < -0.3 is 5.32 Å². The fourth-order valence-corrected chi connectivity index (χ4v) is 5.00. The van der Waals surface area contributed by atoms with Gasteiger partial charge in [-0.05, 0) is 73.6 Å². The second kappa shape index (κ2) is 8.29. The van der Waals surface area contributed by atoms with E-state index in [0.717, 1.165) is 0 Å². The molecule has 0 aliphatic heterocycles. The van der Waals surface area contributed by atoms with Crippen LogP contribution < -0.4 is 5.32 Å². The third-order valence-corrected chi connectivity index (χ3v) is 6.54. The highest BCUT2D eigenvalue weighted by molar-refractivity contribution is 5.84. The molecule has 0 aromatic heterocycles. The van der Waals surface area contributed by atoms with Crippen molar-refractivity contribution in [2.45, 2.75) is 70.3 Å². The Morgan fingerprint density at radius 3 is 2.33 bits per heavy atom. The SMILES string of the molecule is C[C@H](NC(=O)[C@H](c1ccccc1)C1CCCC1)c1ccc2c(c1)CCCC2. The molecule has 1 fully saturated rings. The molecule has 27 heavy (non-hydrogen) atoms. The largest absolute Gasteiger partial charge is 0.349 e. The van der Waals surface area contributed by atoms with Crippen LogP contribution in [0.5, 0.6) is 0 Å². The smallest absolute Gasteiger partial charge is 0.228 e. The summed E-state index contributed by atoms with van der Waals surface area (Å²) in [6, 6.07) is 17.2. The minimum absolute atomic E-state index is 0.0197. The summed E-state index contributed by atoms with van der Waals surface area (Å²) in [5, 5.41) is 3.34. The van der Waals surface area contributed by atoms with Crippen molar-refractivity contribution in [3.8, 4) is 0 Å². The van der Waals surface area contributed by atoms with Crippen molar-refractivity contribution in [2.75, 3.05) is 0 Å². The van der Waals surface area contributed by atoms with Gasteiger partial charge in [-0.1, -0.05) is 61.4 Å². The Kier molecular flexibility index (Phi) is 5.61. The molecule has 0 spiro atoms. The average molecular weight is 362 g/mol. The highest BCUT2D eigenvalue weighted by Gasteiger charge is 2.32. The van der Waals surface area contributed by atoms with Gasteiger partial charge >= 0.3 is 0 Å². The summed E-state index contributed by atoms with van der Waals surface area (Å²) < 4.78 is 0. The zero-order valence-electron chi connectivity index (χ0n) is 16.4. The monoisotopic (exact) mass is 361 g/mol. The highest BCUT2D eigenvalue weighted by Crippen LogP contribution is 2.38. The van der Waals surface area contributed by atoms with E-state index in [0.29, 0.717) is 5.92 Å². The molecular weight excluding hydrogens is 330 g/mol. The molecule has 2 aliphatic rings. The van der Waals surface area contributed by atoms with Gasteiger partial charge in [0.15, 0.2) is 0 Å². The molecule has 4 rings (SSSR count). The summed E-state index contributed by atoms with van der Waals surface area (Å²) in [6.07, 6.45) is 9.81. The van der Waals surface area contributed by atoms with E-state index in [-0.39, 0.29) is 17.9 Å². The van der Waals surface area contributed by atoms with Crippen LogP contribution in [0.1, 0.15) is 79.7 Å². The summed E-state index contributed by atoms with van der Waals surface area (Å²) in [7, 11) is 0. The van der Waals surface area contributed by atoms with E-state index in [1.54, 1.807) is 0 Å². The van der Waals surface area contributed by atoms with Crippen LogP contribution in [0.25, 0.3) is 0 Å². The van der Waals surface area contributed by atoms with Crippen LogP contribution in [0, 0.1) is 5.92 Å². The molecular formula is C25H31NO. The third kappa shape index (κ3) is 4.10. The van der Waals surface area contributed by atoms with Gasteiger partial charge in [-0.2, -0.15) is 0 Å². The van der Waals surface area contributed by atoms with E-state index in [9.17, 15) is 4.79 Å². The van der Waals surface area contributed by atoms with Gasteiger partial charge in [0.25, 0.3) is 0 Å². The molecule has 0 heterocycles. The Morgan fingerprint density at radius 1 is 0.889 bits per heavy atom. The fourth-order valence-electron chi connectivity index (χ4n) is 5.00. The number of hydrogen-bond donors (Lipinski definition) is 1. The number of carbonyl (C=O) groups excluding carboxylic acids is 1. The fraction of sp³-hybridized carbons (Fsp3) is 0.480. The van der Waals surface area contributed by atoms with E-state index in [2.05, 4.69) is 54.7 Å². The molecule has 1 N–H and O–H groups in total. The van der Waals surface area contributed by atoms with Crippen LogP contribution in [0.3, 0.4) is 0 Å². The van der Waals surface area contributed by atoms with E-state index in [1.165, 1.54) is 73.6 Å². The normalized spacial score (nSPS) is 19.3. The summed E-state index contributed by atoms with van der Waals surface area (Å²) in [6.45, 7) is 2.12. The van der Waals surface area contributed by atoms with Crippen LogP contribution in [0.15, 0.2) is 48.5 Å². The molecule has 2 aliphatic carbocycles. The van der Waals surface area contributed by atoms with Crippen molar-refractivity contribution in [2.24, 2.45) is 5.92 Å². The average Bonchev–Trinajstić information content (AvgIpc) is 3.22. The molecule has 2 aromatic carbocycles. The van der Waals surface area contributed by atoms with Crippen LogP contribution >= 0.6 is 0 Å². The quantitative estimate of drug-likeness (QED) is 0.725. The lowest BCUT2D eigenvalue weighted by molar-refractivity contribution is -0.124. The second-order valence-corrected chi connectivity index (χ2v) is 8.40.